The summed E-state index contributed by atoms with van der Waals surface area (Å²) >= 11 is 1.62. The van der Waals surface area contributed by atoms with Gasteiger partial charge in [0.15, 0.2) is 0 Å². The maximum atomic E-state index is 10.9. The summed E-state index contributed by atoms with van der Waals surface area (Å²) in [4.78, 5) is 1.12. The third-order valence-corrected chi connectivity index (χ3v) is 6.03. The second-order valence-corrected chi connectivity index (χ2v) is 8.47. The normalized spacial score (nSPS) is 14.1. The van der Waals surface area contributed by atoms with Crippen molar-refractivity contribution in [1.82, 2.24) is 0 Å². The Balaban J connectivity index is 1.59. The Morgan fingerprint density at radius 1 is 0.774 bits per heavy atom. The molecule has 0 heterocycles. The lowest BCUT2D eigenvalue weighted by Crippen LogP contribution is -2.35. The zero-order chi connectivity index (χ0) is 21.7. The molecule has 1 unspecified atom stereocenters. The topological polar surface area (TPSA) is 47.9 Å². The molecule has 0 fully saturated rings. The van der Waals surface area contributed by atoms with E-state index in [1.165, 1.54) is 0 Å². The van der Waals surface area contributed by atoms with E-state index in [9.17, 15) is 5.11 Å². The molecule has 31 heavy (non-hydrogen) atoms. The van der Waals surface area contributed by atoms with Gasteiger partial charge >= 0.3 is 0 Å². The van der Waals surface area contributed by atoms with Crippen LogP contribution in [0.3, 0.4) is 0 Å². The Labute approximate surface area is 189 Å². The first-order valence-electron chi connectivity index (χ1n) is 10.4. The van der Waals surface area contributed by atoms with Crippen LogP contribution in [-0.2, 0) is 27.4 Å². The first-order chi connectivity index (χ1) is 15.2. The van der Waals surface area contributed by atoms with Crippen LogP contribution in [0, 0.1) is 0 Å². The average molecular weight is 439 g/mol. The molecule has 5 heteroatoms. The SMILES string of the molecule is COC(C[C@@H](OCc1ccccc1)[C@H](O)COCc1ccccc1)Sc1ccccc1. The van der Waals surface area contributed by atoms with E-state index in [4.69, 9.17) is 14.2 Å². The molecule has 3 aromatic rings. The van der Waals surface area contributed by atoms with Crippen LogP contribution in [0.4, 0.5) is 0 Å². The molecular weight excluding hydrogens is 408 g/mol. The molecule has 3 aromatic carbocycles. The van der Waals surface area contributed by atoms with E-state index in [0.717, 1.165) is 16.0 Å². The molecule has 0 amide bonds. The Hall–Kier alpha value is -2.15. The number of hydrogen-bond donors (Lipinski definition) is 1. The van der Waals surface area contributed by atoms with Crippen LogP contribution in [0.1, 0.15) is 17.5 Å². The van der Waals surface area contributed by atoms with Crippen molar-refractivity contribution >= 4 is 11.8 Å². The minimum absolute atomic E-state index is 0.146. The fourth-order valence-corrected chi connectivity index (χ4v) is 4.13. The highest BCUT2D eigenvalue weighted by Crippen LogP contribution is 2.28. The van der Waals surface area contributed by atoms with Crippen molar-refractivity contribution in [1.29, 1.82) is 0 Å². The summed E-state index contributed by atoms with van der Waals surface area (Å²) in [5.74, 6) is 0. The summed E-state index contributed by atoms with van der Waals surface area (Å²) in [6, 6.07) is 30.0. The van der Waals surface area contributed by atoms with E-state index in [2.05, 4.69) is 12.1 Å². The van der Waals surface area contributed by atoms with E-state index in [1.54, 1.807) is 18.9 Å². The molecule has 3 atom stereocenters. The lowest BCUT2D eigenvalue weighted by Gasteiger charge is -2.27. The highest BCUT2D eigenvalue weighted by Gasteiger charge is 2.25. The van der Waals surface area contributed by atoms with Gasteiger partial charge < -0.3 is 19.3 Å². The van der Waals surface area contributed by atoms with Gasteiger partial charge in [0.2, 0.25) is 0 Å². The molecule has 3 rings (SSSR count). The lowest BCUT2D eigenvalue weighted by molar-refractivity contribution is -0.0915. The number of benzene rings is 3. The van der Waals surface area contributed by atoms with Crippen molar-refractivity contribution in [2.75, 3.05) is 13.7 Å². The fraction of sp³-hybridized carbons (Fsp3) is 0.308. The summed E-state index contributed by atoms with van der Waals surface area (Å²) in [6.07, 6.45) is -0.641. The van der Waals surface area contributed by atoms with Crippen molar-refractivity contribution in [3.05, 3.63) is 102 Å². The van der Waals surface area contributed by atoms with Gasteiger partial charge in [0.25, 0.3) is 0 Å². The Bertz CT molecular complexity index is 845. The fourth-order valence-electron chi connectivity index (χ4n) is 3.13. The van der Waals surface area contributed by atoms with Crippen molar-refractivity contribution < 1.29 is 19.3 Å². The summed E-state index contributed by atoms with van der Waals surface area (Å²) in [5.41, 5.74) is 1.99. The summed E-state index contributed by atoms with van der Waals surface area (Å²) in [7, 11) is 1.69. The van der Waals surface area contributed by atoms with Crippen LogP contribution < -0.4 is 0 Å². The van der Waals surface area contributed by atoms with Crippen LogP contribution >= 0.6 is 11.8 Å². The van der Waals surface area contributed by atoms with Gasteiger partial charge in [-0.25, -0.2) is 0 Å². The van der Waals surface area contributed by atoms with E-state index in [1.807, 2.05) is 78.9 Å². The van der Waals surface area contributed by atoms with Gasteiger partial charge in [-0.2, -0.15) is 0 Å². The van der Waals surface area contributed by atoms with Crippen molar-refractivity contribution in [2.24, 2.45) is 0 Å². The summed E-state index contributed by atoms with van der Waals surface area (Å²) in [5, 5.41) is 10.9. The molecule has 4 nitrogen and oxygen atoms in total. The third kappa shape index (κ3) is 8.48. The van der Waals surface area contributed by atoms with Gasteiger partial charge in [0.1, 0.15) is 11.5 Å². The smallest absolute Gasteiger partial charge is 0.109 e. The second kappa shape index (κ2) is 13.3. The van der Waals surface area contributed by atoms with Gasteiger partial charge in [-0.1, -0.05) is 90.6 Å². The van der Waals surface area contributed by atoms with Crippen LogP contribution in [0.2, 0.25) is 0 Å². The number of hydrogen-bond acceptors (Lipinski definition) is 5. The minimum atomic E-state index is -0.763. The van der Waals surface area contributed by atoms with Crippen molar-refractivity contribution in [2.45, 2.75) is 42.2 Å². The minimum Gasteiger partial charge on any atom is -0.388 e. The first-order valence-corrected chi connectivity index (χ1v) is 11.3. The quantitative estimate of drug-likeness (QED) is 0.290. The molecule has 0 aliphatic rings. The maximum Gasteiger partial charge on any atom is 0.109 e. The molecule has 0 aliphatic heterocycles. The zero-order valence-electron chi connectivity index (χ0n) is 17.8. The van der Waals surface area contributed by atoms with Gasteiger partial charge in [0.05, 0.1) is 25.9 Å². The second-order valence-electron chi connectivity index (χ2n) is 7.23. The van der Waals surface area contributed by atoms with Gasteiger partial charge in [-0.05, 0) is 23.3 Å². The van der Waals surface area contributed by atoms with E-state index in [0.29, 0.717) is 19.6 Å². The number of rotatable bonds is 13. The van der Waals surface area contributed by atoms with E-state index < -0.39 is 12.2 Å². The van der Waals surface area contributed by atoms with Gasteiger partial charge in [0, 0.05) is 18.4 Å². The van der Waals surface area contributed by atoms with Gasteiger partial charge in [-0.15, -0.1) is 0 Å². The number of ether oxygens (including phenoxy) is 3. The Kier molecular flexibility index (Phi) is 10.1. The lowest BCUT2D eigenvalue weighted by atomic mass is 10.1. The number of aliphatic hydroxyl groups excluding tert-OH is 1. The van der Waals surface area contributed by atoms with Crippen LogP contribution in [0.25, 0.3) is 0 Å². The van der Waals surface area contributed by atoms with Crippen LogP contribution in [0.15, 0.2) is 95.9 Å². The number of methoxy groups -OCH3 is 1. The molecule has 1 N–H and O–H groups in total. The first kappa shape index (κ1) is 23.5. The molecule has 164 valence electrons. The maximum absolute atomic E-state index is 10.9. The van der Waals surface area contributed by atoms with Crippen molar-refractivity contribution in [3.63, 3.8) is 0 Å². The standard InChI is InChI=1S/C26H30O4S/c1-28-26(31-23-15-9-4-10-16-23)17-25(30-19-22-13-7-3-8-14-22)24(27)20-29-18-21-11-5-2-6-12-21/h2-16,24-27H,17-20H2,1H3/t24-,25-,26?/m1/s1. The highest BCUT2D eigenvalue weighted by atomic mass is 32.2. The largest absolute Gasteiger partial charge is 0.388 e. The molecule has 0 spiro atoms. The zero-order valence-corrected chi connectivity index (χ0v) is 18.6. The average Bonchev–Trinajstić information content (AvgIpc) is 2.83. The monoisotopic (exact) mass is 438 g/mol. The van der Waals surface area contributed by atoms with Crippen LogP contribution in [0.5, 0.6) is 0 Å². The van der Waals surface area contributed by atoms with Crippen LogP contribution in [-0.4, -0.2) is 36.5 Å². The number of aliphatic hydroxyl groups is 1. The third-order valence-electron chi connectivity index (χ3n) is 4.83. The Morgan fingerprint density at radius 3 is 1.90 bits per heavy atom. The molecule has 0 saturated carbocycles. The summed E-state index contributed by atoms with van der Waals surface area (Å²) in [6.45, 7) is 1.07. The molecule has 0 bridgehead atoms. The molecule has 0 aliphatic carbocycles. The number of thioether (sulfide) groups is 1. The van der Waals surface area contributed by atoms with Crippen molar-refractivity contribution in [3.8, 4) is 0 Å². The predicted octanol–water partition coefficient (Wildman–Crippen LogP) is 5.30. The van der Waals surface area contributed by atoms with Gasteiger partial charge in [-0.3, -0.25) is 0 Å². The highest BCUT2D eigenvalue weighted by molar-refractivity contribution is 7.99. The molecule has 0 radical (unpaired) electrons. The summed E-state index contributed by atoms with van der Waals surface area (Å²) < 4.78 is 17.6. The predicted molar refractivity (Wildman–Crippen MR) is 125 cm³/mol. The molecule has 0 aromatic heterocycles. The molecular formula is C26H30O4S. The van der Waals surface area contributed by atoms with E-state index in [-0.39, 0.29) is 12.0 Å². The Morgan fingerprint density at radius 2 is 1.32 bits per heavy atom. The molecule has 0 saturated heterocycles. The van der Waals surface area contributed by atoms with E-state index >= 15 is 0 Å².